The maximum Gasteiger partial charge on any atom is 0.339 e. The van der Waals surface area contributed by atoms with E-state index in [0.29, 0.717) is 11.1 Å². The van der Waals surface area contributed by atoms with Crippen molar-refractivity contribution in [1.29, 1.82) is 0 Å². The van der Waals surface area contributed by atoms with Crippen molar-refractivity contribution in [2.75, 3.05) is 0 Å². The van der Waals surface area contributed by atoms with Crippen molar-refractivity contribution in [2.24, 2.45) is 0 Å². The SMILES string of the molecule is O=C(O)c1c(-c2cccnc2)cnnc1Cl. The highest BCUT2D eigenvalue weighted by atomic mass is 35.5. The molecule has 0 bridgehead atoms. The smallest absolute Gasteiger partial charge is 0.339 e. The average molecular weight is 236 g/mol. The number of carbonyl (C=O) groups is 1. The Morgan fingerprint density at radius 1 is 1.38 bits per heavy atom. The standard InChI is InChI=1S/C10H6ClN3O2/c11-9-8(10(15)16)7(5-13-14-9)6-2-1-3-12-4-6/h1-5H,(H,15,16). The molecule has 2 rings (SSSR count). The van der Waals surface area contributed by atoms with Crippen molar-refractivity contribution >= 4 is 17.6 Å². The van der Waals surface area contributed by atoms with Crippen LogP contribution >= 0.6 is 11.6 Å². The summed E-state index contributed by atoms with van der Waals surface area (Å²) in [6.07, 6.45) is 4.49. The summed E-state index contributed by atoms with van der Waals surface area (Å²) in [5.74, 6) is -1.14. The zero-order chi connectivity index (χ0) is 11.5. The molecule has 2 aromatic heterocycles. The second-order valence-corrected chi connectivity index (χ2v) is 3.33. The van der Waals surface area contributed by atoms with Gasteiger partial charge in [-0.05, 0) is 6.07 Å². The lowest BCUT2D eigenvalue weighted by atomic mass is 10.1. The van der Waals surface area contributed by atoms with Crippen LogP contribution in [-0.2, 0) is 0 Å². The van der Waals surface area contributed by atoms with Crippen LogP contribution in [0.5, 0.6) is 0 Å². The molecule has 16 heavy (non-hydrogen) atoms. The first kappa shape index (κ1) is 10.5. The van der Waals surface area contributed by atoms with E-state index in [1.165, 1.54) is 6.20 Å². The summed E-state index contributed by atoms with van der Waals surface area (Å²) in [6.45, 7) is 0. The Balaban J connectivity index is 2.66. The van der Waals surface area contributed by atoms with Gasteiger partial charge in [-0.1, -0.05) is 17.7 Å². The van der Waals surface area contributed by atoms with Gasteiger partial charge in [-0.25, -0.2) is 4.79 Å². The van der Waals surface area contributed by atoms with Crippen LogP contribution in [0.2, 0.25) is 5.15 Å². The predicted octanol–water partition coefficient (Wildman–Crippen LogP) is 1.89. The van der Waals surface area contributed by atoms with Gasteiger partial charge in [-0.2, -0.15) is 5.10 Å². The van der Waals surface area contributed by atoms with Crippen LogP contribution in [-0.4, -0.2) is 26.3 Å². The Kier molecular flexibility index (Phi) is 2.78. The Morgan fingerprint density at radius 2 is 2.19 bits per heavy atom. The van der Waals surface area contributed by atoms with E-state index in [0.717, 1.165) is 0 Å². The van der Waals surface area contributed by atoms with Crippen molar-refractivity contribution in [3.8, 4) is 11.1 Å². The molecule has 0 fully saturated rings. The first-order chi connectivity index (χ1) is 7.70. The molecule has 0 spiro atoms. The van der Waals surface area contributed by atoms with Crippen LogP contribution in [0.4, 0.5) is 0 Å². The van der Waals surface area contributed by atoms with Gasteiger partial charge in [0.05, 0.1) is 6.20 Å². The Hall–Kier alpha value is -2.01. The number of aromatic nitrogens is 3. The molecule has 0 aliphatic carbocycles. The lowest BCUT2D eigenvalue weighted by Gasteiger charge is -2.05. The maximum absolute atomic E-state index is 11.0. The lowest BCUT2D eigenvalue weighted by Crippen LogP contribution is -2.03. The molecule has 5 nitrogen and oxygen atoms in total. The topological polar surface area (TPSA) is 76.0 Å². The second-order valence-electron chi connectivity index (χ2n) is 2.97. The molecular formula is C10H6ClN3O2. The van der Waals surface area contributed by atoms with E-state index in [1.807, 2.05) is 0 Å². The molecule has 6 heteroatoms. The molecule has 0 radical (unpaired) electrons. The minimum absolute atomic E-state index is 0.0651. The molecule has 0 aromatic carbocycles. The highest BCUT2D eigenvalue weighted by molar-refractivity contribution is 6.33. The minimum atomic E-state index is -1.14. The first-order valence-electron chi connectivity index (χ1n) is 4.35. The molecule has 0 saturated carbocycles. The van der Waals surface area contributed by atoms with Crippen molar-refractivity contribution in [1.82, 2.24) is 15.2 Å². The van der Waals surface area contributed by atoms with E-state index < -0.39 is 5.97 Å². The summed E-state index contributed by atoms with van der Waals surface area (Å²) < 4.78 is 0. The third-order valence-corrected chi connectivity index (χ3v) is 2.26. The second kappa shape index (κ2) is 4.24. The molecule has 1 N–H and O–H groups in total. The van der Waals surface area contributed by atoms with E-state index in [2.05, 4.69) is 15.2 Å². The quantitative estimate of drug-likeness (QED) is 0.860. The number of aromatic carboxylic acids is 1. The largest absolute Gasteiger partial charge is 0.478 e. The van der Waals surface area contributed by atoms with E-state index >= 15 is 0 Å². The van der Waals surface area contributed by atoms with Gasteiger partial charge >= 0.3 is 5.97 Å². The van der Waals surface area contributed by atoms with Gasteiger partial charge in [-0.15, -0.1) is 5.10 Å². The number of hydrogen-bond donors (Lipinski definition) is 1. The minimum Gasteiger partial charge on any atom is -0.478 e. The normalized spacial score (nSPS) is 10.1. The van der Waals surface area contributed by atoms with Crippen LogP contribution in [0, 0.1) is 0 Å². The number of nitrogens with zero attached hydrogens (tertiary/aromatic N) is 3. The molecular weight excluding hydrogens is 230 g/mol. The Morgan fingerprint density at radius 3 is 2.81 bits per heavy atom. The summed E-state index contributed by atoms with van der Waals surface area (Å²) in [5.41, 5.74) is 0.974. The highest BCUT2D eigenvalue weighted by Gasteiger charge is 2.17. The number of halogens is 1. The van der Waals surface area contributed by atoms with Crippen LogP contribution in [0.25, 0.3) is 11.1 Å². The monoisotopic (exact) mass is 235 g/mol. The molecule has 2 heterocycles. The van der Waals surface area contributed by atoms with Crippen LogP contribution in [0.15, 0.2) is 30.7 Å². The summed E-state index contributed by atoms with van der Waals surface area (Å²) in [4.78, 5) is 15.0. The van der Waals surface area contributed by atoms with Crippen molar-refractivity contribution in [2.45, 2.75) is 0 Å². The molecule has 0 saturated heterocycles. The number of hydrogen-bond acceptors (Lipinski definition) is 4. The Bertz CT molecular complexity index is 531. The average Bonchev–Trinajstić information content (AvgIpc) is 2.29. The first-order valence-corrected chi connectivity index (χ1v) is 4.73. The number of rotatable bonds is 2. The van der Waals surface area contributed by atoms with E-state index in [4.69, 9.17) is 16.7 Å². The van der Waals surface area contributed by atoms with Crippen molar-refractivity contribution in [3.05, 3.63) is 41.4 Å². The highest BCUT2D eigenvalue weighted by Crippen LogP contribution is 2.25. The van der Waals surface area contributed by atoms with Gasteiger partial charge in [-0.3, -0.25) is 4.98 Å². The molecule has 0 amide bonds. The predicted molar refractivity (Wildman–Crippen MR) is 57.2 cm³/mol. The summed E-state index contributed by atoms with van der Waals surface area (Å²) >= 11 is 5.70. The fourth-order valence-electron chi connectivity index (χ4n) is 1.31. The van der Waals surface area contributed by atoms with Crippen LogP contribution in [0.1, 0.15) is 10.4 Å². The molecule has 0 unspecified atom stereocenters. The number of carboxylic acid groups (broad SMARTS) is 1. The number of pyridine rings is 1. The summed E-state index contributed by atoms with van der Waals surface area (Å²) in [7, 11) is 0. The van der Waals surface area contributed by atoms with E-state index in [-0.39, 0.29) is 10.7 Å². The van der Waals surface area contributed by atoms with Crippen LogP contribution < -0.4 is 0 Å². The molecule has 0 atom stereocenters. The van der Waals surface area contributed by atoms with Gasteiger partial charge in [0.25, 0.3) is 0 Å². The van der Waals surface area contributed by atoms with Crippen molar-refractivity contribution in [3.63, 3.8) is 0 Å². The third-order valence-electron chi connectivity index (χ3n) is 1.99. The lowest BCUT2D eigenvalue weighted by molar-refractivity contribution is 0.0697. The third kappa shape index (κ3) is 1.85. The van der Waals surface area contributed by atoms with E-state index in [1.54, 1.807) is 24.5 Å². The molecule has 80 valence electrons. The molecule has 0 aliphatic rings. The van der Waals surface area contributed by atoms with Gasteiger partial charge in [0.2, 0.25) is 0 Å². The zero-order valence-corrected chi connectivity index (χ0v) is 8.72. The van der Waals surface area contributed by atoms with Gasteiger partial charge < -0.3 is 5.11 Å². The van der Waals surface area contributed by atoms with Crippen molar-refractivity contribution < 1.29 is 9.90 Å². The van der Waals surface area contributed by atoms with Gasteiger partial charge in [0, 0.05) is 23.5 Å². The van der Waals surface area contributed by atoms with Gasteiger partial charge in [0.15, 0.2) is 5.15 Å². The zero-order valence-electron chi connectivity index (χ0n) is 7.96. The Labute approximate surface area is 95.7 Å². The maximum atomic E-state index is 11.0. The summed E-state index contributed by atoms with van der Waals surface area (Å²) in [5, 5.41) is 16.0. The molecule has 2 aromatic rings. The van der Waals surface area contributed by atoms with Gasteiger partial charge in [0.1, 0.15) is 5.56 Å². The number of carboxylic acids is 1. The fraction of sp³-hybridized carbons (Fsp3) is 0. The van der Waals surface area contributed by atoms with E-state index in [9.17, 15) is 4.79 Å². The van der Waals surface area contributed by atoms with Crippen LogP contribution in [0.3, 0.4) is 0 Å². The molecule has 0 aliphatic heterocycles. The summed E-state index contributed by atoms with van der Waals surface area (Å²) in [6, 6.07) is 3.43. The fourth-order valence-corrected chi connectivity index (χ4v) is 1.53.